The van der Waals surface area contributed by atoms with E-state index in [1.165, 1.54) is 17.8 Å². The van der Waals surface area contributed by atoms with Crippen molar-refractivity contribution in [3.63, 3.8) is 0 Å². The number of fused-ring (bicyclic) bond motifs is 1. The first-order valence-corrected chi connectivity index (χ1v) is 3.57. The van der Waals surface area contributed by atoms with Gasteiger partial charge >= 0.3 is 0 Å². The fourth-order valence-corrected chi connectivity index (χ4v) is 1.11. The van der Waals surface area contributed by atoms with Gasteiger partial charge in [0.2, 0.25) is 5.91 Å². The zero-order valence-electron chi connectivity index (χ0n) is 6.56. The molecule has 0 amide bonds. The van der Waals surface area contributed by atoms with E-state index in [0.717, 1.165) is 11.0 Å². The number of hydrogen-bond acceptors (Lipinski definition) is 3. The number of hydrogen-bond donors (Lipinski definition) is 0. The van der Waals surface area contributed by atoms with Crippen molar-refractivity contribution in [1.29, 1.82) is 0 Å². The number of rotatable bonds is 0. The van der Waals surface area contributed by atoms with Gasteiger partial charge < -0.3 is 0 Å². The Kier molecular flexibility index (Phi) is 1.40. The number of aromatic nitrogens is 3. The topological polar surface area (TPSA) is 47.8 Å². The first-order valence-electron chi connectivity index (χ1n) is 3.57. The molecule has 0 bridgehead atoms. The second-order valence-electron chi connectivity index (χ2n) is 2.50. The van der Waals surface area contributed by atoms with Crippen LogP contribution in [0.3, 0.4) is 0 Å². The Morgan fingerprint density at radius 1 is 1.58 bits per heavy atom. The number of carbonyl (C=O) groups excluding carboxylic acids is 1. The summed E-state index contributed by atoms with van der Waals surface area (Å²) in [6.45, 7) is 1.49. The molecule has 2 heterocycles. The van der Waals surface area contributed by atoms with Gasteiger partial charge in [-0.15, -0.1) is 0 Å². The molecule has 0 unspecified atom stereocenters. The average molecular weight is 161 g/mol. The molecule has 0 radical (unpaired) electrons. The van der Waals surface area contributed by atoms with E-state index in [0.29, 0.717) is 0 Å². The first kappa shape index (κ1) is 6.97. The molecule has 0 saturated carbocycles. The van der Waals surface area contributed by atoms with E-state index in [1.54, 1.807) is 18.5 Å². The maximum absolute atomic E-state index is 11.0. The molecule has 0 atom stereocenters. The fraction of sp³-hybridized carbons (Fsp3) is 0.125. The Hall–Kier alpha value is -1.71. The van der Waals surface area contributed by atoms with Crippen molar-refractivity contribution in [3.05, 3.63) is 24.8 Å². The molecule has 2 aromatic rings. The highest BCUT2D eigenvalue weighted by atomic mass is 16.1. The van der Waals surface area contributed by atoms with E-state index in [4.69, 9.17) is 0 Å². The summed E-state index contributed by atoms with van der Waals surface area (Å²) in [6.07, 6.45) is 4.79. The molecule has 0 aliphatic rings. The molecule has 4 heteroatoms. The molecule has 2 aromatic heterocycles. The van der Waals surface area contributed by atoms with Crippen molar-refractivity contribution in [2.24, 2.45) is 0 Å². The average Bonchev–Trinajstić information content (AvgIpc) is 2.47. The number of nitrogens with zero attached hydrogens (tertiary/aromatic N) is 3. The number of imidazole rings is 1. The van der Waals surface area contributed by atoms with Gasteiger partial charge in [-0.2, -0.15) is 0 Å². The van der Waals surface area contributed by atoms with Gasteiger partial charge in [-0.05, 0) is 6.07 Å². The van der Waals surface area contributed by atoms with Gasteiger partial charge in [0, 0.05) is 13.1 Å². The third-order valence-electron chi connectivity index (χ3n) is 1.69. The van der Waals surface area contributed by atoms with Crippen LogP contribution in [-0.2, 0) is 0 Å². The second kappa shape index (κ2) is 2.41. The van der Waals surface area contributed by atoms with Crippen molar-refractivity contribution in [2.45, 2.75) is 6.92 Å². The minimum absolute atomic E-state index is 0.0505. The van der Waals surface area contributed by atoms with E-state index in [2.05, 4.69) is 9.97 Å². The molecule has 60 valence electrons. The highest BCUT2D eigenvalue weighted by Crippen LogP contribution is 2.09. The maximum atomic E-state index is 11.0. The van der Waals surface area contributed by atoms with Gasteiger partial charge in [-0.3, -0.25) is 14.3 Å². The summed E-state index contributed by atoms with van der Waals surface area (Å²) < 4.78 is 1.47. The lowest BCUT2D eigenvalue weighted by Crippen LogP contribution is -2.02. The lowest BCUT2D eigenvalue weighted by atomic mass is 10.4. The quantitative estimate of drug-likeness (QED) is 0.581. The van der Waals surface area contributed by atoms with Crippen molar-refractivity contribution < 1.29 is 4.79 Å². The van der Waals surface area contributed by atoms with Crippen molar-refractivity contribution in [3.8, 4) is 0 Å². The molecule has 0 aromatic carbocycles. The molecule has 2 rings (SSSR count). The van der Waals surface area contributed by atoms with E-state index in [9.17, 15) is 4.79 Å². The molecule has 0 fully saturated rings. The fourth-order valence-electron chi connectivity index (χ4n) is 1.11. The van der Waals surface area contributed by atoms with Crippen molar-refractivity contribution in [1.82, 2.24) is 14.5 Å². The monoisotopic (exact) mass is 161 g/mol. The highest BCUT2D eigenvalue weighted by molar-refractivity contribution is 5.88. The summed E-state index contributed by atoms with van der Waals surface area (Å²) in [6, 6.07) is 1.77. The Balaban J connectivity index is 2.79. The Bertz CT molecular complexity index is 433. The lowest BCUT2D eigenvalue weighted by molar-refractivity contribution is 0.0941. The minimum atomic E-state index is -0.0505. The Labute approximate surface area is 68.9 Å². The minimum Gasteiger partial charge on any atom is -0.274 e. The molecule has 12 heavy (non-hydrogen) atoms. The second-order valence-corrected chi connectivity index (χ2v) is 2.50. The van der Waals surface area contributed by atoms with Crippen LogP contribution >= 0.6 is 0 Å². The van der Waals surface area contributed by atoms with Gasteiger partial charge in [0.05, 0.1) is 17.2 Å². The van der Waals surface area contributed by atoms with E-state index < -0.39 is 0 Å². The molecular formula is C8H7N3O. The zero-order chi connectivity index (χ0) is 8.55. The normalized spacial score (nSPS) is 10.4. The third kappa shape index (κ3) is 0.887. The summed E-state index contributed by atoms with van der Waals surface area (Å²) >= 11 is 0. The van der Waals surface area contributed by atoms with Gasteiger partial charge in [-0.25, -0.2) is 4.98 Å². The molecule has 0 N–H and O–H groups in total. The van der Waals surface area contributed by atoms with Crippen LogP contribution in [0.5, 0.6) is 0 Å². The number of pyridine rings is 1. The van der Waals surface area contributed by atoms with Crippen molar-refractivity contribution >= 4 is 16.9 Å². The van der Waals surface area contributed by atoms with Gasteiger partial charge in [-0.1, -0.05) is 0 Å². The highest BCUT2D eigenvalue weighted by Gasteiger charge is 2.03. The first-order chi connectivity index (χ1) is 5.79. The Morgan fingerprint density at radius 3 is 3.17 bits per heavy atom. The SMILES string of the molecule is CC(=O)n1cnc2ccncc21. The smallest absolute Gasteiger partial charge is 0.229 e. The van der Waals surface area contributed by atoms with E-state index in [1.807, 2.05) is 0 Å². The predicted octanol–water partition coefficient (Wildman–Crippen LogP) is 1.09. The number of carbonyl (C=O) groups is 1. The molecule has 0 aliphatic heterocycles. The summed E-state index contributed by atoms with van der Waals surface area (Å²) in [5, 5.41) is 0. The van der Waals surface area contributed by atoms with Crippen LogP contribution in [0, 0.1) is 0 Å². The molecule has 0 saturated heterocycles. The van der Waals surface area contributed by atoms with Gasteiger partial charge in [0.25, 0.3) is 0 Å². The summed E-state index contributed by atoms with van der Waals surface area (Å²) in [7, 11) is 0. The molecule has 0 aliphatic carbocycles. The van der Waals surface area contributed by atoms with Crippen LogP contribution < -0.4 is 0 Å². The predicted molar refractivity (Wildman–Crippen MR) is 43.8 cm³/mol. The Morgan fingerprint density at radius 2 is 2.42 bits per heavy atom. The molecule has 0 spiro atoms. The van der Waals surface area contributed by atoms with Gasteiger partial charge in [0.1, 0.15) is 6.33 Å². The zero-order valence-corrected chi connectivity index (χ0v) is 6.56. The summed E-state index contributed by atoms with van der Waals surface area (Å²) in [5.41, 5.74) is 1.55. The third-order valence-corrected chi connectivity index (χ3v) is 1.69. The largest absolute Gasteiger partial charge is 0.274 e. The standard InChI is InChI=1S/C8H7N3O/c1-6(12)11-5-10-7-2-3-9-4-8(7)11/h2-5H,1H3. The maximum Gasteiger partial charge on any atom is 0.229 e. The van der Waals surface area contributed by atoms with Crippen LogP contribution in [0.2, 0.25) is 0 Å². The van der Waals surface area contributed by atoms with E-state index in [-0.39, 0.29) is 5.91 Å². The van der Waals surface area contributed by atoms with E-state index >= 15 is 0 Å². The molecule has 4 nitrogen and oxygen atoms in total. The van der Waals surface area contributed by atoms with Crippen molar-refractivity contribution in [2.75, 3.05) is 0 Å². The summed E-state index contributed by atoms with van der Waals surface area (Å²) in [5.74, 6) is -0.0505. The lowest BCUT2D eigenvalue weighted by Gasteiger charge is -1.94. The van der Waals surface area contributed by atoms with Crippen LogP contribution in [-0.4, -0.2) is 20.4 Å². The van der Waals surface area contributed by atoms with Gasteiger partial charge in [0.15, 0.2) is 0 Å². The van der Waals surface area contributed by atoms with Crippen LogP contribution in [0.25, 0.3) is 11.0 Å². The summed E-state index contributed by atoms with van der Waals surface area (Å²) in [4.78, 5) is 19.0. The van der Waals surface area contributed by atoms with Crippen LogP contribution in [0.1, 0.15) is 11.7 Å². The van der Waals surface area contributed by atoms with Crippen LogP contribution in [0.4, 0.5) is 0 Å². The molecular weight excluding hydrogens is 154 g/mol. The van der Waals surface area contributed by atoms with Crippen LogP contribution in [0.15, 0.2) is 24.8 Å².